The largest absolute Gasteiger partial charge is 0.324 e. The van der Waals surface area contributed by atoms with Crippen LogP contribution in [0.15, 0.2) is 36.4 Å². The van der Waals surface area contributed by atoms with Crippen LogP contribution in [0.25, 0.3) is 0 Å². The summed E-state index contributed by atoms with van der Waals surface area (Å²) >= 11 is 6.29. The second-order valence-electron chi connectivity index (χ2n) is 7.60. The lowest BCUT2D eigenvalue weighted by Crippen LogP contribution is -2.37. The molecule has 1 saturated carbocycles. The summed E-state index contributed by atoms with van der Waals surface area (Å²) in [6, 6.07) is 11.9. The first-order valence-corrected chi connectivity index (χ1v) is 9.80. The topological polar surface area (TPSA) is 49.4 Å². The molecule has 2 atom stereocenters. The molecule has 1 aliphatic heterocycles. The van der Waals surface area contributed by atoms with Crippen LogP contribution < -0.4 is 10.2 Å². The number of aryl methyl sites for hydroxylation is 3. The molecule has 0 aromatic heterocycles. The molecular weight excluding hydrogens is 360 g/mol. The van der Waals surface area contributed by atoms with Crippen LogP contribution in [0.2, 0.25) is 5.02 Å². The zero-order chi connectivity index (χ0) is 19.1. The first-order chi connectivity index (χ1) is 13.0. The third-order valence-corrected chi connectivity index (χ3v) is 5.80. The van der Waals surface area contributed by atoms with Gasteiger partial charge in [-0.15, -0.1) is 0 Å². The number of nitrogens with one attached hydrogen (secondary N) is 1. The van der Waals surface area contributed by atoms with Crippen LogP contribution in [0.3, 0.4) is 0 Å². The predicted octanol–water partition coefficient (Wildman–Crippen LogP) is 4.51. The fraction of sp³-hybridized carbons (Fsp3) is 0.364. The van der Waals surface area contributed by atoms with Gasteiger partial charge in [0.25, 0.3) is 0 Å². The Morgan fingerprint density at radius 1 is 1.15 bits per heavy atom. The van der Waals surface area contributed by atoms with Crippen molar-refractivity contribution in [3.63, 3.8) is 0 Å². The fourth-order valence-electron chi connectivity index (χ4n) is 4.01. The van der Waals surface area contributed by atoms with Gasteiger partial charge in [0.2, 0.25) is 11.8 Å². The van der Waals surface area contributed by atoms with Gasteiger partial charge in [-0.25, -0.2) is 0 Å². The normalized spacial score (nSPS) is 20.8. The average Bonchev–Trinajstić information content (AvgIpc) is 3.44. The SMILES string of the molecule is Cc1cc(C)c(NC(=O)C2CC2C(=O)N2CCCc3ccccc32)c(Cl)c1. The summed E-state index contributed by atoms with van der Waals surface area (Å²) in [5, 5.41) is 3.47. The molecule has 1 aliphatic carbocycles. The highest BCUT2D eigenvalue weighted by Gasteiger charge is 2.50. The Morgan fingerprint density at radius 3 is 2.70 bits per heavy atom. The molecule has 5 heteroatoms. The van der Waals surface area contributed by atoms with Gasteiger partial charge in [0.05, 0.1) is 22.5 Å². The second kappa shape index (κ2) is 7.01. The van der Waals surface area contributed by atoms with Gasteiger partial charge in [-0.1, -0.05) is 35.9 Å². The zero-order valence-corrected chi connectivity index (χ0v) is 16.3. The number of amides is 2. The van der Waals surface area contributed by atoms with E-state index in [0.29, 0.717) is 17.1 Å². The smallest absolute Gasteiger partial charge is 0.230 e. The number of carbonyl (C=O) groups excluding carboxylic acids is 2. The van der Waals surface area contributed by atoms with Gasteiger partial charge in [0.1, 0.15) is 0 Å². The minimum atomic E-state index is -0.275. The van der Waals surface area contributed by atoms with Crippen molar-refractivity contribution in [2.24, 2.45) is 11.8 Å². The third-order valence-electron chi connectivity index (χ3n) is 5.50. The predicted molar refractivity (Wildman–Crippen MR) is 108 cm³/mol. The number of hydrogen-bond acceptors (Lipinski definition) is 2. The number of carbonyl (C=O) groups is 2. The minimum absolute atomic E-state index is 0.0639. The lowest BCUT2D eigenvalue weighted by molar-refractivity contribution is -0.123. The summed E-state index contributed by atoms with van der Waals surface area (Å²) in [5.41, 5.74) is 4.84. The van der Waals surface area contributed by atoms with Crippen LogP contribution in [0.1, 0.15) is 29.5 Å². The average molecular weight is 383 g/mol. The molecule has 0 radical (unpaired) electrons. The quantitative estimate of drug-likeness (QED) is 0.848. The van der Waals surface area contributed by atoms with E-state index in [1.165, 1.54) is 5.56 Å². The van der Waals surface area contributed by atoms with Crippen molar-refractivity contribution in [3.8, 4) is 0 Å². The second-order valence-corrected chi connectivity index (χ2v) is 8.01. The van der Waals surface area contributed by atoms with Gasteiger partial charge in [0.15, 0.2) is 0 Å². The molecule has 140 valence electrons. The maximum absolute atomic E-state index is 13.0. The number of anilines is 2. The lowest BCUT2D eigenvalue weighted by atomic mass is 10.0. The van der Waals surface area contributed by atoms with Crippen molar-refractivity contribution in [1.29, 1.82) is 0 Å². The van der Waals surface area contributed by atoms with Crippen molar-refractivity contribution in [1.82, 2.24) is 0 Å². The van der Waals surface area contributed by atoms with Gasteiger partial charge in [-0.05, 0) is 61.9 Å². The standard InChI is InChI=1S/C22H23ClN2O2/c1-13-10-14(2)20(18(23)11-13)24-21(26)16-12-17(16)22(27)25-9-5-7-15-6-3-4-8-19(15)25/h3-4,6,8,10-11,16-17H,5,7,9,12H2,1-2H3,(H,24,26). The highest BCUT2D eigenvalue weighted by Crippen LogP contribution is 2.43. The van der Waals surface area contributed by atoms with E-state index in [1.807, 2.05) is 49.1 Å². The van der Waals surface area contributed by atoms with Crippen LogP contribution in [0.5, 0.6) is 0 Å². The van der Waals surface area contributed by atoms with Gasteiger partial charge in [0, 0.05) is 12.2 Å². The highest BCUT2D eigenvalue weighted by molar-refractivity contribution is 6.34. The molecule has 2 aliphatic rings. The number of halogens is 1. The van der Waals surface area contributed by atoms with E-state index in [1.54, 1.807) is 0 Å². The van der Waals surface area contributed by atoms with E-state index >= 15 is 0 Å². The first-order valence-electron chi connectivity index (χ1n) is 9.42. The summed E-state index contributed by atoms with van der Waals surface area (Å²) in [4.78, 5) is 27.5. The molecular formula is C22H23ClN2O2. The van der Waals surface area contributed by atoms with E-state index in [-0.39, 0.29) is 23.7 Å². The number of fused-ring (bicyclic) bond motifs is 1. The maximum Gasteiger partial charge on any atom is 0.230 e. The van der Waals surface area contributed by atoms with Crippen molar-refractivity contribution in [2.45, 2.75) is 33.1 Å². The van der Waals surface area contributed by atoms with Gasteiger partial charge in [-0.3, -0.25) is 9.59 Å². The summed E-state index contributed by atoms with van der Waals surface area (Å²) in [7, 11) is 0. The van der Waals surface area contributed by atoms with Gasteiger partial charge >= 0.3 is 0 Å². The molecule has 1 N–H and O–H groups in total. The van der Waals surface area contributed by atoms with E-state index in [0.717, 1.165) is 36.2 Å². The lowest BCUT2D eigenvalue weighted by Gasteiger charge is -2.29. The molecule has 0 saturated heterocycles. The number of hydrogen-bond donors (Lipinski definition) is 1. The third kappa shape index (κ3) is 3.46. The fourth-order valence-corrected chi connectivity index (χ4v) is 4.38. The molecule has 0 spiro atoms. The first kappa shape index (κ1) is 18.1. The van der Waals surface area contributed by atoms with E-state index in [4.69, 9.17) is 11.6 Å². The molecule has 27 heavy (non-hydrogen) atoms. The van der Waals surface area contributed by atoms with Crippen LogP contribution in [0, 0.1) is 25.7 Å². The van der Waals surface area contributed by atoms with Crippen LogP contribution in [0.4, 0.5) is 11.4 Å². The summed E-state index contributed by atoms with van der Waals surface area (Å²) in [6.45, 7) is 4.62. The van der Waals surface area contributed by atoms with Crippen molar-refractivity contribution in [2.75, 3.05) is 16.8 Å². The highest BCUT2D eigenvalue weighted by atomic mass is 35.5. The Labute approximate surface area is 164 Å². The summed E-state index contributed by atoms with van der Waals surface area (Å²) in [5.74, 6) is -0.564. The molecule has 2 aromatic carbocycles. The van der Waals surface area contributed by atoms with Crippen LogP contribution in [-0.4, -0.2) is 18.4 Å². The van der Waals surface area contributed by atoms with Crippen molar-refractivity contribution >= 4 is 34.8 Å². The Bertz CT molecular complexity index is 901. The Balaban J connectivity index is 1.46. The molecule has 2 unspecified atom stereocenters. The Morgan fingerprint density at radius 2 is 1.93 bits per heavy atom. The van der Waals surface area contributed by atoms with Crippen molar-refractivity contribution < 1.29 is 9.59 Å². The molecule has 4 rings (SSSR count). The monoisotopic (exact) mass is 382 g/mol. The molecule has 2 aromatic rings. The number of rotatable bonds is 3. The molecule has 1 heterocycles. The zero-order valence-electron chi connectivity index (χ0n) is 15.6. The van der Waals surface area contributed by atoms with E-state index in [2.05, 4.69) is 11.4 Å². The van der Waals surface area contributed by atoms with Crippen molar-refractivity contribution in [3.05, 3.63) is 58.1 Å². The van der Waals surface area contributed by atoms with Gasteiger partial charge in [-0.2, -0.15) is 0 Å². The van der Waals surface area contributed by atoms with E-state index < -0.39 is 0 Å². The summed E-state index contributed by atoms with van der Waals surface area (Å²) in [6.07, 6.45) is 2.57. The van der Waals surface area contributed by atoms with Gasteiger partial charge < -0.3 is 10.2 Å². The Hall–Kier alpha value is -2.33. The molecule has 0 bridgehead atoms. The number of benzene rings is 2. The maximum atomic E-state index is 13.0. The van der Waals surface area contributed by atoms with Crippen LogP contribution in [-0.2, 0) is 16.0 Å². The molecule has 1 fully saturated rings. The summed E-state index contributed by atoms with van der Waals surface area (Å²) < 4.78 is 0. The minimum Gasteiger partial charge on any atom is -0.324 e. The van der Waals surface area contributed by atoms with E-state index in [9.17, 15) is 9.59 Å². The Kier molecular flexibility index (Phi) is 4.68. The number of para-hydroxylation sites is 1. The molecule has 4 nitrogen and oxygen atoms in total. The number of nitrogens with zero attached hydrogens (tertiary/aromatic N) is 1. The van der Waals surface area contributed by atoms with Crippen LogP contribution >= 0.6 is 11.6 Å². The molecule has 2 amide bonds.